The number of methoxy groups -OCH3 is 1. The van der Waals surface area contributed by atoms with Crippen molar-refractivity contribution in [2.24, 2.45) is 0 Å². The van der Waals surface area contributed by atoms with Crippen LogP contribution in [-0.4, -0.2) is 32.7 Å². The zero-order valence-corrected chi connectivity index (χ0v) is 11.0. The van der Waals surface area contributed by atoms with Gasteiger partial charge >= 0.3 is 0 Å². The highest BCUT2D eigenvalue weighted by atomic mass is 35.5. The summed E-state index contributed by atoms with van der Waals surface area (Å²) in [5.74, 6) is 1.16. The minimum atomic E-state index is 0.0593. The summed E-state index contributed by atoms with van der Waals surface area (Å²) in [6.07, 6.45) is 1.18. The molecule has 0 aromatic heterocycles. The summed E-state index contributed by atoms with van der Waals surface area (Å²) in [6, 6.07) is 3.30. The molecule has 5 heteroatoms. The van der Waals surface area contributed by atoms with Gasteiger partial charge in [0.25, 0.3) is 0 Å². The molecular formula is C13H15ClO4. The van der Waals surface area contributed by atoms with Crippen molar-refractivity contribution in [3.05, 3.63) is 22.7 Å². The third-order valence-electron chi connectivity index (χ3n) is 2.67. The number of ether oxygens (including phenoxy) is 3. The smallest absolute Gasteiger partial charge is 0.170 e. The Bertz CT molecular complexity index is 445. The van der Waals surface area contributed by atoms with Gasteiger partial charge in [0.2, 0.25) is 0 Å². The summed E-state index contributed by atoms with van der Waals surface area (Å²) in [6.45, 7) is 1.56. The van der Waals surface area contributed by atoms with E-state index >= 15 is 0 Å². The number of Topliss-reactive ketones (excluding diaryl/α,β-unsaturated/α-hetero) is 1. The molecule has 0 N–H and O–H groups in total. The van der Waals surface area contributed by atoms with Crippen molar-refractivity contribution in [1.82, 2.24) is 0 Å². The lowest BCUT2D eigenvalue weighted by Gasteiger charge is -2.18. The van der Waals surface area contributed by atoms with Crippen LogP contribution in [0.5, 0.6) is 11.5 Å². The van der Waals surface area contributed by atoms with Crippen molar-refractivity contribution in [1.29, 1.82) is 0 Å². The Labute approximate surface area is 111 Å². The van der Waals surface area contributed by atoms with E-state index in [9.17, 15) is 4.79 Å². The lowest BCUT2D eigenvalue weighted by atomic mass is 10.0. The molecule has 0 unspecified atom stereocenters. The predicted molar refractivity (Wildman–Crippen MR) is 67.9 cm³/mol. The van der Waals surface area contributed by atoms with Crippen LogP contribution in [0.2, 0.25) is 5.02 Å². The average molecular weight is 271 g/mol. The molecule has 0 amide bonds. The first-order chi connectivity index (χ1) is 8.72. The van der Waals surface area contributed by atoms with Gasteiger partial charge in [-0.25, -0.2) is 0 Å². The Morgan fingerprint density at radius 1 is 1.39 bits per heavy atom. The molecule has 18 heavy (non-hydrogen) atoms. The fourth-order valence-electron chi connectivity index (χ4n) is 1.76. The summed E-state index contributed by atoms with van der Waals surface area (Å²) >= 11 is 6.08. The zero-order chi connectivity index (χ0) is 13.0. The van der Waals surface area contributed by atoms with Crippen LogP contribution in [-0.2, 0) is 4.74 Å². The van der Waals surface area contributed by atoms with Gasteiger partial charge < -0.3 is 14.2 Å². The quantitative estimate of drug-likeness (QED) is 0.772. The van der Waals surface area contributed by atoms with Gasteiger partial charge in [0.1, 0.15) is 11.5 Å². The van der Waals surface area contributed by atoms with Gasteiger partial charge in [-0.3, -0.25) is 4.79 Å². The summed E-state index contributed by atoms with van der Waals surface area (Å²) in [5, 5.41) is 0.435. The molecule has 1 aromatic rings. The number of ketones is 1. The summed E-state index contributed by atoms with van der Waals surface area (Å²) in [4.78, 5) is 11.7. The zero-order valence-electron chi connectivity index (χ0n) is 10.2. The number of hydrogen-bond donors (Lipinski definition) is 0. The number of rotatable bonds is 5. The van der Waals surface area contributed by atoms with Crippen LogP contribution >= 0.6 is 11.6 Å². The maximum Gasteiger partial charge on any atom is 0.170 e. The molecule has 0 saturated heterocycles. The molecule has 1 aliphatic rings. The van der Waals surface area contributed by atoms with Crippen molar-refractivity contribution in [3.63, 3.8) is 0 Å². The third kappa shape index (κ3) is 2.94. The Hall–Kier alpha value is -1.26. The Morgan fingerprint density at radius 3 is 3.00 bits per heavy atom. The summed E-state index contributed by atoms with van der Waals surface area (Å²) in [7, 11) is 1.64. The third-order valence-corrected chi connectivity index (χ3v) is 2.97. The normalized spacial score (nSPS) is 14.0. The van der Waals surface area contributed by atoms with E-state index in [1.807, 2.05) is 0 Å². The lowest BCUT2D eigenvalue weighted by molar-refractivity contribution is 0.0933. The first kappa shape index (κ1) is 13.2. The second-order valence-electron chi connectivity index (χ2n) is 4.00. The van der Waals surface area contributed by atoms with Gasteiger partial charge in [0.05, 0.1) is 23.8 Å². The van der Waals surface area contributed by atoms with E-state index < -0.39 is 0 Å². The molecule has 0 spiro atoms. The van der Waals surface area contributed by atoms with E-state index in [0.29, 0.717) is 48.3 Å². The van der Waals surface area contributed by atoms with Gasteiger partial charge in [-0.15, -0.1) is 0 Å². The molecule has 0 aliphatic carbocycles. The van der Waals surface area contributed by atoms with Crippen molar-refractivity contribution in [2.45, 2.75) is 12.8 Å². The number of fused-ring (bicyclic) bond motifs is 1. The van der Waals surface area contributed by atoms with Gasteiger partial charge in [0.15, 0.2) is 5.78 Å². The van der Waals surface area contributed by atoms with Gasteiger partial charge in [-0.2, -0.15) is 0 Å². The summed E-state index contributed by atoms with van der Waals surface area (Å²) < 4.78 is 15.9. The number of halogens is 1. The molecule has 2 rings (SSSR count). The van der Waals surface area contributed by atoms with E-state index in [1.165, 1.54) is 0 Å². The topological polar surface area (TPSA) is 44.8 Å². The van der Waals surface area contributed by atoms with Crippen molar-refractivity contribution in [3.8, 4) is 11.5 Å². The van der Waals surface area contributed by atoms with Crippen LogP contribution in [0.4, 0.5) is 0 Å². The fourth-order valence-corrected chi connectivity index (χ4v) is 1.97. The number of hydrogen-bond acceptors (Lipinski definition) is 4. The first-order valence-corrected chi connectivity index (χ1v) is 6.21. The minimum Gasteiger partial charge on any atom is -0.492 e. The van der Waals surface area contributed by atoms with E-state index in [2.05, 4.69) is 0 Å². The second-order valence-corrected chi connectivity index (χ2v) is 4.40. The highest BCUT2D eigenvalue weighted by Crippen LogP contribution is 2.35. The van der Waals surface area contributed by atoms with Crippen LogP contribution < -0.4 is 9.47 Å². The lowest BCUT2D eigenvalue weighted by Crippen LogP contribution is -2.15. The van der Waals surface area contributed by atoms with Crippen molar-refractivity contribution in [2.75, 3.05) is 26.9 Å². The molecule has 0 atom stereocenters. The molecule has 0 fully saturated rings. The maximum atomic E-state index is 11.7. The van der Waals surface area contributed by atoms with Crippen LogP contribution in [0.1, 0.15) is 23.2 Å². The highest BCUT2D eigenvalue weighted by molar-refractivity contribution is 6.32. The molecular weight excluding hydrogens is 256 g/mol. The molecule has 1 aliphatic heterocycles. The molecule has 0 bridgehead atoms. The fraction of sp³-hybridized carbons (Fsp3) is 0.462. The van der Waals surface area contributed by atoms with Crippen LogP contribution in [0, 0.1) is 0 Å². The van der Waals surface area contributed by atoms with E-state index in [4.69, 9.17) is 25.8 Å². The standard InChI is InChI=1S/C13H15ClO4/c1-16-4-2-5-17-13-8-12-9(7-10(13)14)11(15)3-6-18-12/h7-8H,2-6H2,1H3. The first-order valence-electron chi connectivity index (χ1n) is 5.83. The maximum absolute atomic E-state index is 11.7. The second kappa shape index (κ2) is 6.07. The van der Waals surface area contributed by atoms with Crippen molar-refractivity contribution < 1.29 is 19.0 Å². The van der Waals surface area contributed by atoms with Crippen LogP contribution in [0.15, 0.2) is 12.1 Å². The van der Waals surface area contributed by atoms with Crippen LogP contribution in [0.3, 0.4) is 0 Å². The molecule has 98 valence electrons. The predicted octanol–water partition coefficient (Wildman–Crippen LogP) is 2.72. The molecule has 1 heterocycles. The summed E-state index contributed by atoms with van der Waals surface area (Å²) in [5.41, 5.74) is 0.537. The molecule has 0 saturated carbocycles. The Kier molecular flexibility index (Phi) is 4.44. The average Bonchev–Trinajstić information content (AvgIpc) is 2.36. The molecule has 1 aromatic carbocycles. The van der Waals surface area contributed by atoms with Crippen molar-refractivity contribution >= 4 is 17.4 Å². The monoisotopic (exact) mass is 270 g/mol. The number of carbonyl (C=O) groups is 1. The van der Waals surface area contributed by atoms with Crippen LogP contribution in [0.25, 0.3) is 0 Å². The molecule has 0 radical (unpaired) electrons. The van der Waals surface area contributed by atoms with Gasteiger partial charge in [0, 0.05) is 32.6 Å². The Morgan fingerprint density at radius 2 is 2.22 bits per heavy atom. The van der Waals surface area contributed by atoms with E-state index in [0.717, 1.165) is 6.42 Å². The number of benzene rings is 1. The number of carbonyl (C=O) groups excluding carboxylic acids is 1. The van der Waals surface area contributed by atoms with Gasteiger partial charge in [-0.1, -0.05) is 11.6 Å². The highest BCUT2D eigenvalue weighted by Gasteiger charge is 2.21. The van der Waals surface area contributed by atoms with Gasteiger partial charge in [-0.05, 0) is 6.07 Å². The SMILES string of the molecule is COCCCOc1cc2c(cc1Cl)C(=O)CCO2. The molecule has 4 nitrogen and oxygen atoms in total. The van der Waals surface area contributed by atoms with E-state index in [-0.39, 0.29) is 5.78 Å². The largest absolute Gasteiger partial charge is 0.492 e. The minimum absolute atomic E-state index is 0.0593. The Balaban J connectivity index is 2.10. The van der Waals surface area contributed by atoms with E-state index in [1.54, 1.807) is 19.2 Å².